The molecule has 0 radical (unpaired) electrons. The average Bonchev–Trinajstić information content (AvgIpc) is 2.63. The first-order chi connectivity index (χ1) is 12.4. The van der Waals surface area contributed by atoms with Crippen LogP contribution in [-0.2, 0) is 14.3 Å². The van der Waals surface area contributed by atoms with Gasteiger partial charge >= 0.3 is 17.9 Å². The molecule has 1 atom stereocenters. The molecule has 0 aliphatic rings. The molecule has 138 valence electrons. The Balaban J connectivity index is 0.000000260. The number of carboxylic acids is 1. The van der Waals surface area contributed by atoms with Gasteiger partial charge in [0, 0.05) is 6.92 Å². The van der Waals surface area contributed by atoms with Gasteiger partial charge in [0.05, 0.1) is 13.7 Å². The van der Waals surface area contributed by atoms with E-state index in [1.165, 1.54) is 26.2 Å². The Morgan fingerprint density at radius 1 is 1.00 bits per heavy atom. The number of carbonyl (C=O) groups excluding carboxylic acids is 2. The van der Waals surface area contributed by atoms with Gasteiger partial charge < -0.3 is 19.7 Å². The van der Waals surface area contributed by atoms with E-state index in [1.54, 1.807) is 24.3 Å². The molecule has 2 aromatic carbocycles. The number of aliphatic hydroxyl groups is 1. The first-order valence-electron chi connectivity index (χ1n) is 7.65. The topological polar surface area (TPSA) is 110 Å². The van der Waals surface area contributed by atoms with Crippen LogP contribution in [0.5, 0.6) is 5.75 Å². The highest BCUT2D eigenvalue weighted by atomic mass is 16.5. The third-order valence-electron chi connectivity index (χ3n) is 3.24. The zero-order valence-electron chi connectivity index (χ0n) is 14.4. The molecule has 0 aliphatic carbocycles. The van der Waals surface area contributed by atoms with E-state index < -0.39 is 23.8 Å². The largest absolute Gasteiger partial charge is 0.478 e. The summed E-state index contributed by atoms with van der Waals surface area (Å²) in [4.78, 5) is 32.3. The molecule has 0 amide bonds. The van der Waals surface area contributed by atoms with E-state index in [9.17, 15) is 14.4 Å². The van der Waals surface area contributed by atoms with E-state index in [1.807, 2.05) is 18.2 Å². The van der Waals surface area contributed by atoms with Crippen LogP contribution in [0, 0.1) is 0 Å². The lowest BCUT2D eigenvalue weighted by atomic mass is 10.0. The van der Waals surface area contributed by atoms with E-state index in [4.69, 9.17) is 10.2 Å². The molecule has 0 aliphatic heterocycles. The molecule has 2 aromatic rings. The number of aliphatic hydroxyl groups excluding tert-OH is 1. The van der Waals surface area contributed by atoms with Gasteiger partial charge in [-0.25, -0.2) is 4.79 Å². The van der Waals surface area contributed by atoms with Gasteiger partial charge in [-0.1, -0.05) is 42.5 Å². The normalized spacial score (nSPS) is 10.7. The van der Waals surface area contributed by atoms with Crippen LogP contribution in [0.15, 0.2) is 54.6 Å². The number of aromatic carboxylic acids is 1. The molecular weight excluding hydrogens is 340 g/mol. The maximum absolute atomic E-state index is 11.2. The van der Waals surface area contributed by atoms with Crippen LogP contribution < -0.4 is 4.74 Å². The summed E-state index contributed by atoms with van der Waals surface area (Å²) < 4.78 is 9.25. The highest BCUT2D eigenvalue weighted by Crippen LogP contribution is 2.17. The van der Waals surface area contributed by atoms with E-state index in [-0.39, 0.29) is 17.9 Å². The predicted octanol–water partition coefficient (Wildman–Crippen LogP) is 2.25. The molecule has 0 aromatic heterocycles. The van der Waals surface area contributed by atoms with Crippen molar-refractivity contribution >= 4 is 17.9 Å². The van der Waals surface area contributed by atoms with Crippen molar-refractivity contribution in [2.75, 3.05) is 13.7 Å². The molecular formula is C19H20O7. The summed E-state index contributed by atoms with van der Waals surface area (Å²) in [6.07, 6.45) is 0. The number of carbonyl (C=O) groups is 3. The number of esters is 2. The molecule has 7 nitrogen and oxygen atoms in total. The van der Waals surface area contributed by atoms with Gasteiger partial charge in [0.15, 0.2) is 0 Å². The van der Waals surface area contributed by atoms with Crippen molar-refractivity contribution in [1.82, 2.24) is 0 Å². The second-order valence-corrected chi connectivity index (χ2v) is 5.06. The van der Waals surface area contributed by atoms with Crippen LogP contribution in [0.1, 0.15) is 28.8 Å². The van der Waals surface area contributed by atoms with Crippen LogP contribution in [-0.4, -0.2) is 41.8 Å². The predicted molar refractivity (Wildman–Crippen MR) is 93.0 cm³/mol. The van der Waals surface area contributed by atoms with Crippen molar-refractivity contribution in [1.29, 1.82) is 0 Å². The number of benzene rings is 2. The molecule has 0 heterocycles. The van der Waals surface area contributed by atoms with Crippen molar-refractivity contribution in [2.45, 2.75) is 12.8 Å². The van der Waals surface area contributed by atoms with Crippen molar-refractivity contribution in [3.05, 3.63) is 65.7 Å². The lowest BCUT2D eigenvalue weighted by molar-refractivity contribution is -0.143. The molecule has 2 N–H and O–H groups in total. The van der Waals surface area contributed by atoms with Crippen LogP contribution in [0.25, 0.3) is 0 Å². The zero-order valence-corrected chi connectivity index (χ0v) is 14.4. The van der Waals surface area contributed by atoms with Crippen LogP contribution in [0.2, 0.25) is 0 Å². The first kappa shape index (κ1) is 20.9. The van der Waals surface area contributed by atoms with Crippen LogP contribution in [0.4, 0.5) is 0 Å². The Labute approximate surface area is 150 Å². The first-order valence-corrected chi connectivity index (χ1v) is 7.65. The molecule has 26 heavy (non-hydrogen) atoms. The highest BCUT2D eigenvalue weighted by Gasteiger charge is 2.19. The highest BCUT2D eigenvalue weighted by molar-refractivity contribution is 5.91. The van der Waals surface area contributed by atoms with Gasteiger partial charge in [-0.2, -0.15) is 0 Å². The number of methoxy groups -OCH3 is 1. The van der Waals surface area contributed by atoms with Crippen molar-refractivity contribution in [3.8, 4) is 5.75 Å². The smallest absolute Gasteiger partial charge is 0.339 e. The second kappa shape index (κ2) is 10.6. The van der Waals surface area contributed by atoms with Gasteiger partial charge in [0.2, 0.25) is 0 Å². The Morgan fingerprint density at radius 2 is 1.58 bits per heavy atom. The van der Waals surface area contributed by atoms with Gasteiger partial charge in [0.1, 0.15) is 17.2 Å². The van der Waals surface area contributed by atoms with Crippen LogP contribution >= 0.6 is 0 Å². The average molecular weight is 360 g/mol. The summed E-state index contributed by atoms with van der Waals surface area (Å²) >= 11 is 0. The number of hydrogen-bond acceptors (Lipinski definition) is 6. The number of ether oxygens (including phenoxy) is 2. The van der Waals surface area contributed by atoms with E-state index >= 15 is 0 Å². The monoisotopic (exact) mass is 360 g/mol. The zero-order chi connectivity index (χ0) is 19.5. The number of hydrogen-bond donors (Lipinski definition) is 2. The fourth-order valence-corrected chi connectivity index (χ4v) is 2.03. The van der Waals surface area contributed by atoms with E-state index in [0.717, 1.165) is 5.56 Å². The molecule has 0 saturated heterocycles. The van der Waals surface area contributed by atoms with E-state index in [2.05, 4.69) is 9.47 Å². The molecule has 0 spiro atoms. The third-order valence-corrected chi connectivity index (χ3v) is 3.24. The van der Waals surface area contributed by atoms with Gasteiger partial charge in [-0.05, 0) is 17.7 Å². The Bertz CT molecular complexity index is 741. The molecule has 0 fully saturated rings. The number of carboxylic acid groups (broad SMARTS) is 1. The minimum atomic E-state index is -1.11. The number of para-hydroxylation sites is 1. The minimum absolute atomic E-state index is 0.0160. The fraction of sp³-hybridized carbons (Fsp3) is 0.211. The summed E-state index contributed by atoms with van der Waals surface area (Å²) in [5.74, 6) is -2.55. The van der Waals surface area contributed by atoms with Gasteiger partial charge in [-0.3, -0.25) is 9.59 Å². The minimum Gasteiger partial charge on any atom is -0.478 e. The Hall–Kier alpha value is -3.19. The molecule has 1 unspecified atom stereocenters. The summed E-state index contributed by atoms with van der Waals surface area (Å²) in [5, 5.41) is 17.7. The molecule has 7 heteroatoms. The van der Waals surface area contributed by atoms with Crippen molar-refractivity contribution in [2.24, 2.45) is 0 Å². The van der Waals surface area contributed by atoms with Gasteiger partial charge in [0.25, 0.3) is 0 Å². The quantitative estimate of drug-likeness (QED) is 0.621. The lowest BCUT2D eigenvalue weighted by Crippen LogP contribution is -2.17. The number of rotatable bonds is 5. The summed E-state index contributed by atoms with van der Waals surface area (Å²) in [7, 11) is 1.31. The Kier molecular flexibility index (Phi) is 8.52. The summed E-state index contributed by atoms with van der Waals surface area (Å²) in [6, 6.07) is 15.1. The second-order valence-electron chi connectivity index (χ2n) is 5.06. The SMILES string of the molecule is CC(=O)Oc1ccccc1C(=O)O.COC(=O)C(CO)c1ccccc1. The maximum Gasteiger partial charge on any atom is 0.339 e. The van der Waals surface area contributed by atoms with Crippen LogP contribution in [0.3, 0.4) is 0 Å². The summed E-state index contributed by atoms with van der Waals surface area (Å²) in [5.41, 5.74) is 0.759. The van der Waals surface area contributed by atoms with Crippen molar-refractivity contribution < 1.29 is 34.1 Å². The maximum atomic E-state index is 11.2. The van der Waals surface area contributed by atoms with Crippen molar-refractivity contribution in [3.63, 3.8) is 0 Å². The van der Waals surface area contributed by atoms with Gasteiger partial charge in [-0.15, -0.1) is 0 Å². The lowest BCUT2D eigenvalue weighted by Gasteiger charge is -2.11. The standard InChI is InChI=1S/C10H12O3.C9H8O4/c1-13-10(12)9(7-11)8-5-3-2-4-6-8;1-6(10)13-8-5-3-2-4-7(8)9(11)12/h2-6,9,11H,7H2,1H3;2-5H,1H3,(H,11,12). The fourth-order valence-electron chi connectivity index (χ4n) is 2.03. The Morgan fingerprint density at radius 3 is 2.08 bits per heavy atom. The molecule has 0 bridgehead atoms. The summed E-state index contributed by atoms with van der Waals surface area (Å²) in [6.45, 7) is 0.995. The molecule has 0 saturated carbocycles. The van der Waals surface area contributed by atoms with E-state index in [0.29, 0.717) is 0 Å². The molecule has 2 rings (SSSR count). The third kappa shape index (κ3) is 6.37.